The predicted octanol–water partition coefficient (Wildman–Crippen LogP) is 5.52. The average Bonchev–Trinajstić information content (AvgIpc) is 2.82. The fourth-order valence-corrected chi connectivity index (χ4v) is 10.4. The summed E-state index contributed by atoms with van der Waals surface area (Å²) in [6.07, 6.45) is 2.35. The molecule has 0 aliphatic carbocycles. The number of hydrogen-bond donors (Lipinski definition) is 0. The van der Waals surface area contributed by atoms with Crippen LogP contribution < -0.4 is 21.2 Å². The molecule has 0 saturated carbocycles. The molecule has 153 valence electrons. The molecule has 0 spiro atoms. The Morgan fingerprint density at radius 2 is 0.833 bits per heavy atom. The Labute approximate surface area is 193 Å². The van der Waals surface area contributed by atoms with E-state index in [0.29, 0.717) is 4.13 Å². The molecular formula is C27H25P2Pd. The van der Waals surface area contributed by atoms with E-state index in [1.807, 2.05) is 0 Å². The van der Waals surface area contributed by atoms with Crippen molar-refractivity contribution >= 4 is 37.1 Å². The Kier molecular flexibility index (Phi) is 8.03. The first-order chi connectivity index (χ1) is 14.8. The summed E-state index contributed by atoms with van der Waals surface area (Å²) in [5.41, 5.74) is 0. The first kappa shape index (κ1) is 21.6. The van der Waals surface area contributed by atoms with Gasteiger partial charge in [-0.3, -0.25) is 0 Å². The molecule has 1 unspecified atom stereocenters. The van der Waals surface area contributed by atoms with Gasteiger partial charge in [-0.25, -0.2) is 0 Å². The van der Waals surface area contributed by atoms with Crippen LogP contribution in [0.25, 0.3) is 0 Å². The summed E-state index contributed by atoms with van der Waals surface area (Å²) in [6.45, 7) is 0. The zero-order chi connectivity index (χ0) is 20.6. The summed E-state index contributed by atoms with van der Waals surface area (Å²) in [5, 5.41) is 5.82. The van der Waals surface area contributed by atoms with Crippen LogP contribution in [0.3, 0.4) is 0 Å². The molecule has 4 aromatic rings. The second-order valence-corrected chi connectivity index (χ2v) is 13.5. The molecule has 0 radical (unpaired) electrons. The van der Waals surface area contributed by atoms with Crippen LogP contribution in [0.1, 0.15) is 6.42 Å². The van der Waals surface area contributed by atoms with Crippen molar-refractivity contribution in [2.75, 3.05) is 6.16 Å². The molecule has 1 atom stereocenters. The van der Waals surface area contributed by atoms with Gasteiger partial charge in [-0.2, -0.15) is 0 Å². The van der Waals surface area contributed by atoms with Gasteiger partial charge in [-0.1, -0.05) is 0 Å². The zero-order valence-electron chi connectivity index (χ0n) is 16.7. The Bertz CT molecular complexity index is 929. The molecule has 3 heteroatoms. The van der Waals surface area contributed by atoms with Gasteiger partial charge in [0.15, 0.2) is 0 Å². The maximum absolute atomic E-state index is 3.80. The van der Waals surface area contributed by atoms with Crippen LogP contribution in [0.4, 0.5) is 0 Å². The van der Waals surface area contributed by atoms with Crippen molar-refractivity contribution in [1.82, 2.24) is 0 Å². The van der Waals surface area contributed by atoms with Gasteiger partial charge in [0.25, 0.3) is 0 Å². The molecule has 0 aromatic heterocycles. The van der Waals surface area contributed by atoms with E-state index in [0.717, 1.165) is 6.42 Å². The molecule has 0 heterocycles. The summed E-state index contributed by atoms with van der Waals surface area (Å²) in [6, 6.07) is 44.1. The van der Waals surface area contributed by atoms with Crippen LogP contribution in [-0.2, 0) is 19.2 Å². The second kappa shape index (κ2) is 11.1. The van der Waals surface area contributed by atoms with Gasteiger partial charge in [0, 0.05) is 0 Å². The van der Waals surface area contributed by atoms with Crippen molar-refractivity contribution in [3.63, 3.8) is 0 Å². The topological polar surface area (TPSA) is 0 Å². The molecule has 0 fully saturated rings. The molecule has 30 heavy (non-hydrogen) atoms. The van der Waals surface area contributed by atoms with Gasteiger partial charge < -0.3 is 0 Å². The van der Waals surface area contributed by atoms with Gasteiger partial charge in [0.2, 0.25) is 0 Å². The van der Waals surface area contributed by atoms with E-state index in [4.69, 9.17) is 0 Å². The van der Waals surface area contributed by atoms with Crippen molar-refractivity contribution in [3.8, 4) is 0 Å². The molecule has 0 aliphatic heterocycles. The van der Waals surface area contributed by atoms with Crippen LogP contribution in [0.2, 0.25) is 0 Å². The molecule has 4 aromatic carbocycles. The summed E-state index contributed by atoms with van der Waals surface area (Å²) in [5.74, 6) is 0. The van der Waals surface area contributed by atoms with Crippen molar-refractivity contribution in [1.29, 1.82) is 0 Å². The third kappa shape index (κ3) is 5.55. The molecule has 0 nitrogen and oxygen atoms in total. The number of benzene rings is 4. The molecule has 0 bridgehead atoms. The molecule has 0 N–H and O–H groups in total. The van der Waals surface area contributed by atoms with Gasteiger partial charge >= 0.3 is 194 Å². The maximum atomic E-state index is 3.80. The zero-order valence-corrected chi connectivity index (χ0v) is 20.1. The van der Waals surface area contributed by atoms with Crippen molar-refractivity contribution in [2.45, 2.75) is 10.6 Å². The predicted molar refractivity (Wildman–Crippen MR) is 131 cm³/mol. The number of hydrogen-bond acceptors (Lipinski definition) is 0. The quantitative estimate of drug-likeness (QED) is 0.213. The van der Waals surface area contributed by atoms with Gasteiger partial charge in [0.1, 0.15) is 0 Å². The van der Waals surface area contributed by atoms with Gasteiger partial charge in [0.05, 0.1) is 0 Å². The SMILES string of the molecule is [Pd][CH](CCP(c1ccccc1)c1ccccc1)P(c1ccccc1)c1ccccc1. The summed E-state index contributed by atoms with van der Waals surface area (Å²) >= 11 is 3.80. The fourth-order valence-electron chi connectivity index (χ4n) is 3.61. The molecule has 0 saturated heterocycles. The fraction of sp³-hybridized carbons (Fsp3) is 0.111. The second-order valence-electron chi connectivity index (χ2n) is 7.05. The van der Waals surface area contributed by atoms with Crippen LogP contribution in [0.15, 0.2) is 121 Å². The average molecular weight is 518 g/mol. The first-order valence-electron chi connectivity index (χ1n) is 10.2. The van der Waals surface area contributed by atoms with Crippen LogP contribution >= 0.6 is 15.8 Å². The van der Waals surface area contributed by atoms with E-state index in [-0.39, 0.29) is 7.92 Å². The Balaban J connectivity index is 1.59. The minimum atomic E-state index is -0.437. The van der Waals surface area contributed by atoms with E-state index in [9.17, 15) is 0 Å². The Morgan fingerprint density at radius 3 is 1.20 bits per heavy atom. The third-order valence-electron chi connectivity index (χ3n) is 5.04. The Hall–Kier alpha value is -1.60. The van der Waals surface area contributed by atoms with Gasteiger partial charge in [-0.05, 0) is 0 Å². The molecule has 0 aliphatic rings. The molecule has 0 amide bonds. The van der Waals surface area contributed by atoms with Crippen LogP contribution in [-0.4, -0.2) is 10.3 Å². The van der Waals surface area contributed by atoms with Crippen molar-refractivity contribution in [3.05, 3.63) is 121 Å². The van der Waals surface area contributed by atoms with Gasteiger partial charge in [-0.15, -0.1) is 0 Å². The van der Waals surface area contributed by atoms with Crippen molar-refractivity contribution in [2.24, 2.45) is 0 Å². The van der Waals surface area contributed by atoms with Crippen LogP contribution in [0, 0.1) is 0 Å². The van der Waals surface area contributed by atoms with E-state index in [1.165, 1.54) is 27.4 Å². The minimum absolute atomic E-state index is 0.360. The first-order valence-corrected chi connectivity index (χ1v) is 14.0. The summed E-state index contributed by atoms with van der Waals surface area (Å²) in [4.78, 5) is 0. The standard InChI is InChI=1S/C27H25P2.Pd/c1-5-14-24(15-6-1)28(25-16-7-2-8-17-25)22-13-23-29(26-18-9-3-10-19-26)27-20-11-4-12-21-27;/h1-12,14-22H,13,23H2;. The summed E-state index contributed by atoms with van der Waals surface area (Å²) in [7, 11) is -0.796. The van der Waals surface area contributed by atoms with E-state index >= 15 is 0 Å². The van der Waals surface area contributed by atoms with Crippen LogP contribution in [0.5, 0.6) is 0 Å². The Morgan fingerprint density at radius 1 is 0.500 bits per heavy atom. The van der Waals surface area contributed by atoms with E-state index in [1.54, 1.807) is 0 Å². The molecule has 4 rings (SSSR count). The monoisotopic (exact) mass is 517 g/mol. The van der Waals surface area contributed by atoms with E-state index in [2.05, 4.69) is 141 Å². The normalized spacial score (nSPS) is 12.3. The summed E-state index contributed by atoms with van der Waals surface area (Å²) < 4.78 is 0.477. The number of rotatable bonds is 8. The molecular weight excluding hydrogens is 493 g/mol. The van der Waals surface area contributed by atoms with E-state index < -0.39 is 7.92 Å². The third-order valence-corrected chi connectivity index (χ3v) is 11.7. The van der Waals surface area contributed by atoms with Crippen molar-refractivity contribution < 1.29 is 19.2 Å².